The number of aromatic nitrogens is 2. The summed E-state index contributed by atoms with van der Waals surface area (Å²) in [6, 6.07) is 12.7. The van der Waals surface area contributed by atoms with E-state index >= 15 is 0 Å². The molecule has 0 aromatic carbocycles. The molecule has 0 spiro atoms. The van der Waals surface area contributed by atoms with Gasteiger partial charge in [0.25, 0.3) is 0 Å². The Labute approximate surface area is 133 Å². The van der Waals surface area contributed by atoms with Gasteiger partial charge in [0.1, 0.15) is 0 Å². The Hall–Kier alpha value is -1.78. The third-order valence-corrected chi connectivity index (χ3v) is 3.43. The van der Waals surface area contributed by atoms with E-state index in [2.05, 4.69) is 46.2 Å². The standard InChI is InChI=1S/C18H26N4/c1-16(2)19-12-7-13-22(14-17-8-3-5-10-20-17)15-18-9-4-6-11-21-18/h3-6,8-11,16,19H,7,12-15H2,1-2H3. The quantitative estimate of drug-likeness (QED) is 0.723. The molecule has 0 aliphatic heterocycles. The lowest BCUT2D eigenvalue weighted by molar-refractivity contribution is 0.245. The van der Waals surface area contributed by atoms with E-state index in [1.165, 1.54) is 0 Å². The van der Waals surface area contributed by atoms with Crippen LogP contribution in [0.2, 0.25) is 0 Å². The minimum absolute atomic E-state index is 0.542. The van der Waals surface area contributed by atoms with Crippen molar-refractivity contribution < 1.29 is 0 Å². The van der Waals surface area contributed by atoms with Gasteiger partial charge in [-0.05, 0) is 37.2 Å². The average Bonchev–Trinajstić information content (AvgIpc) is 2.53. The SMILES string of the molecule is CC(C)NCCCN(Cc1ccccn1)Cc1ccccn1. The van der Waals surface area contributed by atoms with Crippen LogP contribution in [0.1, 0.15) is 31.7 Å². The predicted molar refractivity (Wildman–Crippen MR) is 90.3 cm³/mol. The molecular weight excluding hydrogens is 272 g/mol. The third-order valence-electron chi connectivity index (χ3n) is 3.43. The first-order valence-electron chi connectivity index (χ1n) is 7.99. The van der Waals surface area contributed by atoms with Gasteiger partial charge >= 0.3 is 0 Å². The molecule has 0 radical (unpaired) electrons. The molecule has 22 heavy (non-hydrogen) atoms. The first-order valence-corrected chi connectivity index (χ1v) is 7.99. The Morgan fingerprint density at radius 1 is 0.955 bits per heavy atom. The highest BCUT2D eigenvalue weighted by Gasteiger charge is 2.08. The molecule has 4 nitrogen and oxygen atoms in total. The Morgan fingerprint density at radius 3 is 2.00 bits per heavy atom. The van der Waals surface area contributed by atoms with Gasteiger partial charge in [0.15, 0.2) is 0 Å². The molecular formula is C18H26N4. The van der Waals surface area contributed by atoms with Gasteiger partial charge in [0, 0.05) is 38.1 Å². The van der Waals surface area contributed by atoms with Crippen molar-refractivity contribution in [2.45, 2.75) is 39.4 Å². The highest BCUT2D eigenvalue weighted by Crippen LogP contribution is 2.07. The van der Waals surface area contributed by atoms with E-state index in [1.54, 1.807) is 0 Å². The van der Waals surface area contributed by atoms with Gasteiger partial charge in [-0.25, -0.2) is 0 Å². The van der Waals surface area contributed by atoms with E-state index in [0.717, 1.165) is 44.0 Å². The Morgan fingerprint density at radius 2 is 1.55 bits per heavy atom. The van der Waals surface area contributed by atoms with Crippen LogP contribution in [0, 0.1) is 0 Å². The van der Waals surface area contributed by atoms with E-state index in [0.29, 0.717) is 6.04 Å². The second kappa shape index (κ2) is 9.28. The van der Waals surface area contributed by atoms with Crippen LogP contribution in [-0.4, -0.2) is 34.0 Å². The van der Waals surface area contributed by atoms with E-state index in [9.17, 15) is 0 Å². The Bertz CT molecular complexity index is 472. The van der Waals surface area contributed by atoms with Crippen LogP contribution in [-0.2, 0) is 13.1 Å². The topological polar surface area (TPSA) is 41.0 Å². The lowest BCUT2D eigenvalue weighted by Crippen LogP contribution is -2.30. The summed E-state index contributed by atoms with van der Waals surface area (Å²) in [5.74, 6) is 0. The van der Waals surface area contributed by atoms with Gasteiger partial charge in [-0.1, -0.05) is 26.0 Å². The van der Waals surface area contributed by atoms with Crippen LogP contribution in [0.25, 0.3) is 0 Å². The summed E-state index contributed by atoms with van der Waals surface area (Å²) in [5, 5.41) is 3.47. The number of pyridine rings is 2. The molecule has 118 valence electrons. The number of rotatable bonds is 9. The molecule has 0 atom stereocenters. The molecule has 2 heterocycles. The fourth-order valence-corrected chi connectivity index (χ4v) is 2.35. The van der Waals surface area contributed by atoms with Gasteiger partial charge in [-0.2, -0.15) is 0 Å². The van der Waals surface area contributed by atoms with Crippen LogP contribution < -0.4 is 5.32 Å². The van der Waals surface area contributed by atoms with Crippen LogP contribution >= 0.6 is 0 Å². The molecule has 2 rings (SSSR count). The lowest BCUT2D eigenvalue weighted by atomic mass is 10.2. The molecule has 0 saturated heterocycles. The largest absolute Gasteiger partial charge is 0.314 e. The van der Waals surface area contributed by atoms with Gasteiger partial charge < -0.3 is 5.32 Å². The molecule has 0 bridgehead atoms. The highest BCUT2D eigenvalue weighted by atomic mass is 15.1. The van der Waals surface area contributed by atoms with Crippen molar-refractivity contribution in [2.75, 3.05) is 13.1 Å². The number of hydrogen-bond acceptors (Lipinski definition) is 4. The van der Waals surface area contributed by atoms with Crippen LogP contribution in [0.4, 0.5) is 0 Å². The maximum atomic E-state index is 4.44. The van der Waals surface area contributed by atoms with Crippen molar-refractivity contribution in [2.24, 2.45) is 0 Å². The van der Waals surface area contributed by atoms with E-state index in [1.807, 2.05) is 36.7 Å². The number of nitrogens with one attached hydrogen (secondary N) is 1. The molecule has 0 amide bonds. The average molecular weight is 298 g/mol. The van der Waals surface area contributed by atoms with Crippen molar-refractivity contribution in [1.82, 2.24) is 20.2 Å². The van der Waals surface area contributed by atoms with E-state index in [-0.39, 0.29) is 0 Å². The van der Waals surface area contributed by atoms with Gasteiger partial charge in [0.05, 0.1) is 11.4 Å². The molecule has 0 aliphatic carbocycles. The van der Waals surface area contributed by atoms with Crippen LogP contribution in [0.15, 0.2) is 48.8 Å². The zero-order valence-corrected chi connectivity index (χ0v) is 13.6. The molecule has 2 aromatic rings. The number of nitrogens with zero attached hydrogens (tertiary/aromatic N) is 3. The van der Waals surface area contributed by atoms with Crippen LogP contribution in [0.3, 0.4) is 0 Å². The molecule has 0 aliphatic rings. The van der Waals surface area contributed by atoms with Crippen molar-refractivity contribution in [1.29, 1.82) is 0 Å². The fraction of sp³-hybridized carbons (Fsp3) is 0.444. The summed E-state index contributed by atoms with van der Waals surface area (Å²) in [6.45, 7) is 8.16. The van der Waals surface area contributed by atoms with Crippen molar-refractivity contribution in [3.05, 3.63) is 60.2 Å². The van der Waals surface area contributed by atoms with Crippen molar-refractivity contribution >= 4 is 0 Å². The maximum Gasteiger partial charge on any atom is 0.0544 e. The van der Waals surface area contributed by atoms with E-state index in [4.69, 9.17) is 0 Å². The lowest BCUT2D eigenvalue weighted by Gasteiger charge is -2.22. The highest BCUT2D eigenvalue weighted by molar-refractivity contribution is 5.06. The first-order chi connectivity index (χ1) is 10.7. The molecule has 0 fully saturated rings. The van der Waals surface area contributed by atoms with Crippen molar-refractivity contribution in [3.8, 4) is 0 Å². The normalized spacial score (nSPS) is 11.3. The minimum atomic E-state index is 0.542. The molecule has 0 unspecified atom stereocenters. The Kier molecular flexibility index (Phi) is 7.00. The summed E-state index contributed by atoms with van der Waals surface area (Å²) in [4.78, 5) is 11.3. The summed E-state index contributed by atoms with van der Waals surface area (Å²) in [5.41, 5.74) is 2.21. The molecule has 4 heteroatoms. The summed E-state index contributed by atoms with van der Waals surface area (Å²) < 4.78 is 0. The molecule has 1 N–H and O–H groups in total. The summed E-state index contributed by atoms with van der Waals surface area (Å²) in [6.07, 6.45) is 4.83. The zero-order valence-electron chi connectivity index (χ0n) is 13.6. The second-order valence-corrected chi connectivity index (χ2v) is 5.82. The summed E-state index contributed by atoms with van der Waals surface area (Å²) >= 11 is 0. The van der Waals surface area contributed by atoms with Gasteiger partial charge in [0.2, 0.25) is 0 Å². The second-order valence-electron chi connectivity index (χ2n) is 5.82. The monoisotopic (exact) mass is 298 g/mol. The van der Waals surface area contributed by atoms with Crippen molar-refractivity contribution in [3.63, 3.8) is 0 Å². The molecule has 0 saturated carbocycles. The van der Waals surface area contributed by atoms with Gasteiger partial charge in [-0.15, -0.1) is 0 Å². The zero-order chi connectivity index (χ0) is 15.6. The van der Waals surface area contributed by atoms with E-state index < -0.39 is 0 Å². The predicted octanol–water partition coefficient (Wildman–Crippen LogP) is 2.87. The minimum Gasteiger partial charge on any atom is -0.314 e. The molecule has 2 aromatic heterocycles. The number of hydrogen-bond donors (Lipinski definition) is 1. The smallest absolute Gasteiger partial charge is 0.0544 e. The first kappa shape index (κ1) is 16.6. The maximum absolute atomic E-state index is 4.44. The third kappa shape index (κ3) is 6.33. The Balaban J connectivity index is 1.91. The summed E-state index contributed by atoms with van der Waals surface area (Å²) in [7, 11) is 0. The van der Waals surface area contributed by atoms with Crippen LogP contribution in [0.5, 0.6) is 0 Å². The fourth-order valence-electron chi connectivity index (χ4n) is 2.35. The van der Waals surface area contributed by atoms with Gasteiger partial charge in [-0.3, -0.25) is 14.9 Å².